The number of allylic oxidation sites excluding steroid dienone is 2. The predicted molar refractivity (Wildman–Crippen MR) is 24.8 cm³/mol. The molecule has 0 heterocycles. The van der Waals surface area contributed by atoms with Gasteiger partial charge >= 0.3 is 51.4 Å². The van der Waals surface area contributed by atoms with Gasteiger partial charge in [-0.25, -0.2) is 18.6 Å². The van der Waals surface area contributed by atoms with E-state index in [0.717, 1.165) is 0 Å². The van der Waals surface area contributed by atoms with Crippen LogP contribution in [-0.2, 0) is 0 Å². The second kappa shape index (κ2) is 6.25. The van der Waals surface area contributed by atoms with E-state index in [-0.39, 0.29) is 51.4 Å². The Morgan fingerprint density at radius 3 is 1.67 bits per heavy atom. The largest absolute Gasteiger partial charge is 1.00 e. The molecule has 0 saturated heterocycles. The van der Waals surface area contributed by atoms with Gasteiger partial charge in [0.15, 0.2) is 0 Å². The SMILES string of the molecule is [CH2-]C=C(C)C.[K+]. The van der Waals surface area contributed by atoms with Crippen molar-refractivity contribution in [2.75, 3.05) is 0 Å². The third kappa shape index (κ3) is 8.98. The summed E-state index contributed by atoms with van der Waals surface area (Å²) >= 11 is 0. The van der Waals surface area contributed by atoms with Crippen molar-refractivity contribution in [3.63, 3.8) is 0 Å². The molecule has 0 aliphatic carbocycles. The molecule has 0 aromatic carbocycles. The third-order valence-corrected chi connectivity index (χ3v) is 0.408. The van der Waals surface area contributed by atoms with E-state index in [1.165, 1.54) is 5.57 Å². The molecule has 0 nitrogen and oxygen atoms in total. The van der Waals surface area contributed by atoms with Crippen molar-refractivity contribution >= 4 is 0 Å². The van der Waals surface area contributed by atoms with Crippen molar-refractivity contribution < 1.29 is 51.4 Å². The molecular weight excluding hydrogens is 99.2 g/mol. The third-order valence-electron chi connectivity index (χ3n) is 0.408. The van der Waals surface area contributed by atoms with Gasteiger partial charge in [0.05, 0.1) is 0 Å². The minimum atomic E-state index is 0. The molecule has 1 heteroatoms. The second-order valence-corrected chi connectivity index (χ2v) is 1.28. The molecule has 0 amide bonds. The van der Waals surface area contributed by atoms with E-state index < -0.39 is 0 Å². The smallest absolute Gasteiger partial charge is 0.245 e. The molecule has 0 radical (unpaired) electrons. The summed E-state index contributed by atoms with van der Waals surface area (Å²) in [6.45, 7) is 7.56. The standard InChI is InChI=1S/C5H9.K/c1-4-5(2)3;/h4H,1H2,2-3H3;/q-1;+1. The average molecular weight is 108 g/mol. The summed E-state index contributed by atoms with van der Waals surface area (Å²) in [7, 11) is 0. The van der Waals surface area contributed by atoms with Crippen LogP contribution in [0.3, 0.4) is 0 Å². The fourth-order valence-electron chi connectivity index (χ4n) is 0. The zero-order valence-corrected chi connectivity index (χ0v) is 7.91. The Morgan fingerprint density at radius 1 is 1.50 bits per heavy atom. The summed E-state index contributed by atoms with van der Waals surface area (Å²) in [6, 6.07) is 0. The molecule has 0 spiro atoms. The van der Waals surface area contributed by atoms with E-state index in [4.69, 9.17) is 0 Å². The summed E-state index contributed by atoms with van der Waals surface area (Å²) in [5, 5.41) is 0. The predicted octanol–water partition coefficient (Wildman–Crippen LogP) is -1.21. The molecular formula is C5H9K. The molecule has 0 aliphatic heterocycles. The Kier molecular flexibility index (Phi) is 10.7. The van der Waals surface area contributed by atoms with Crippen molar-refractivity contribution in [1.82, 2.24) is 0 Å². The van der Waals surface area contributed by atoms with Gasteiger partial charge in [-0.1, -0.05) is 0 Å². The molecule has 0 aromatic heterocycles. The van der Waals surface area contributed by atoms with Crippen LogP contribution in [0.1, 0.15) is 13.8 Å². The van der Waals surface area contributed by atoms with Crippen molar-refractivity contribution in [3.05, 3.63) is 18.6 Å². The fraction of sp³-hybridized carbons (Fsp3) is 0.400. The molecule has 0 atom stereocenters. The average Bonchev–Trinajstić information content (AvgIpc) is 1.38. The minimum Gasteiger partial charge on any atom is -0.245 e. The molecule has 0 fully saturated rings. The van der Waals surface area contributed by atoms with E-state index >= 15 is 0 Å². The molecule has 0 bridgehead atoms. The summed E-state index contributed by atoms with van der Waals surface area (Å²) in [6.07, 6.45) is 1.83. The topological polar surface area (TPSA) is 0 Å². The van der Waals surface area contributed by atoms with Crippen LogP contribution in [0.2, 0.25) is 0 Å². The maximum absolute atomic E-state index is 3.52. The van der Waals surface area contributed by atoms with Crippen LogP contribution >= 0.6 is 0 Å². The molecule has 0 aliphatic rings. The zero-order valence-electron chi connectivity index (χ0n) is 4.78. The van der Waals surface area contributed by atoms with E-state index in [0.29, 0.717) is 0 Å². The number of hydrogen-bond acceptors (Lipinski definition) is 0. The van der Waals surface area contributed by atoms with Gasteiger partial charge in [-0.15, -0.1) is 13.8 Å². The quantitative estimate of drug-likeness (QED) is 0.270. The Balaban J connectivity index is 0. The van der Waals surface area contributed by atoms with E-state index in [9.17, 15) is 0 Å². The zero-order chi connectivity index (χ0) is 4.28. The van der Waals surface area contributed by atoms with Gasteiger partial charge in [0.25, 0.3) is 0 Å². The summed E-state index contributed by atoms with van der Waals surface area (Å²) < 4.78 is 0. The van der Waals surface area contributed by atoms with Gasteiger partial charge in [-0.2, -0.15) is 0 Å². The fourth-order valence-corrected chi connectivity index (χ4v) is 0. The Bertz CT molecular complexity index is 41.9. The van der Waals surface area contributed by atoms with E-state index in [1.54, 1.807) is 0 Å². The maximum Gasteiger partial charge on any atom is 1.00 e. The van der Waals surface area contributed by atoms with Gasteiger partial charge in [0, 0.05) is 0 Å². The number of hydrogen-bond donors (Lipinski definition) is 0. The van der Waals surface area contributed by atoms with Crippen LogP contribution in [0.15, 0.2) is 11.6 Å². The van der Waals surface area contributed by atoms with Crippen molar-refractivity contribution in [2.24, 2.45) is 0 Å². The van der Waals surface area contributed by atoms with E-state index in [1.807, 2.05) is 19.9 Å². The molecule has 0 rings (SSSR count). The minimum absolute atomic E-state index is 0. The first-order chi connectivity index (χ1) is 2.27. The molecule has 30 valence electrons. The maximum atomic E-state index is 3.52. The molecule has 0 unspecified atom stereocenters. The monoisotopic (exact) mass is 108 g/mol. The first-order valence-corrected chi connectivity index (χ1v) is 1.70. The van der Waals surface area contributed by atoms with Gasteiger partial charge < -0.3 is 0 Å². The van der Waals surface area contributed by atoms with Crippen LogP contribution in [0.4, 0.5) is 0 Å². The Morgan fingerprint density at radius 2 is 1.67 bits per heavy atom. The Labute approximate surface area is 82.4 Å². The Hall–Kier alpha value is 1.25. The van der Waals surface area contributed by atoms with Crippen LogP contribution in [0.5, 0.6) is 0 Å². The molecule has 0 N–H and O–H groups in total. The van der Waals surface area contributed by atoms with E-state index in [2.05, 4.69) is 6.92 Å². The van der Waals surface area contributed by atoms with Crippen LogP contribution in [-0.4, -0.2) is 0 Å². The summed E-state index contributed by atoms with van der Waals surface area (Å²) in [4.78, 5) is 0. The first-order valence-electron chi connectivity index (χ1n) is 1.70. The van der Waals surface area contributed by atoms with Gasteiger partial charge in [-0.05, 0) is 0 Å². The van der Waals surface area contributed by atoms with Gasteiger partial charge in [0.1, 0.15) is 0 Å². The normalized spacial score (nSPS) is 5.67. The second-order valence-electron chi connectivity index (χ2n) is 1.28. The molecule has 0 aromatic rings. The van der Waals surface area contributed by atoms with Gasteiger partial charge in [0.2, 0.25) is 0 Å². The van der Waals surface area contributed by atoms with Crippen molar-refractivity contribution in [1.29, 1.82) is 0 Å². The number of rotatable bonds is 0. The van der Waals surface area contributed by atoms with Crippen LogP contribution in [0.25, 0.3) is 0 Å². The van der Waals surface area contributed by atoms with Crippen molar-refractivity contribution in [2.45, 2.75) is 13.8 Å². The molecule has 0 saturated carbocycles. The molecule has 6 heavy (non-hydrogen) atoms. The first kappa shape index (κ1) is 10.3. The van der Waals surface area contributed by atoms with Crippen LogP contribution in [0, 0.1) is 6.92 Å². The summed E-state index contributed by atoms with van der Waals surface area (Å²) in [5.74, 6) is 0. The summed E-state index contributed by atoms with van der Waals surface area (Å²) in [5.41, 5.74) is 1.27. The van der Waals surface area contributed by atoms with Gasteiger partial charge in [-0.3, -0.25) is 0 Å². The van der Waals surface area contributed by atoms with Crippen LogP contribution < -0.4 is 51.4 Å². The van der Waals surface area contributed by atoms with Crippen molar-refractivity contribution in [3.8, 4) is 0 Å².